The minimum absolute atomic E-state index is 0. The smallest absolute Gasteiger partial charge is 1.00 e. The zero-order valence-corrected chi connectivity index (χ0v) is 17.4. The molecular weight excluding hydrogens is 296 g/mol. The summed E-state index contributed by atoms with van der Waals surface area (Å²) in [6, 6.07) is -1.10. The number of rotatable bonds is 10. The van der Waals surface area contributed by atoms with Crippen LogP contribution in [0.3, 0.4) is 0 Å². The molecule has 0 bridgehead atoms. The van der Waals surface area contributed by atoms with E-state index in [1.54, 1.807) is 0 Å². The third-order valence-corrected chi connectivity index (χ3v) is 2.69. The fourth-order valence-electron chi connectivity index (χ4n) is 1.50. The molecule has 0 aromatic heterocycles. The van der Waals surface area contributed by atoms with Crippen molar-refractivity contribution in [3.63, 3.8) is 0 Å². The van der Waals surface area contributed by atoms with Gasteiger partial charge in [-0.3, -0.25) is 14.4 Å². The van der Waals surface area contributed by atoms with E-state index in [0.29, 0.717) is 6.42 Å². The molecule has 0 heterocycles. The summed E-state index contributed by atoms with van der Waals surface area (Å²) in [5, 5.41) is 8.52. The van der Waals surface area contributed by atoms with Crippen molar-refractivity contribution in [1.82, 2.24) is 0 Å². The fourth-order valence-corrected chi connectivity index (χ4v) is 1.50. The van der Waals surface area contributed by atoms with Crippen LogP contribution in [-0.4, -0.2) is 29.1 Å². The van der Waals surface area contributed by atoms with Crippen molar-refractivity contribution in [2.45, 2.75) is 64.3 Å². The van der Waals surface area contributed by atoms with Gasteiger partial charge < -0.3 is 18.4 Å². The Kier molecular flexibility index (Phi) is 21.3. The van der Waals surface area contributed by atoms with Crippen LogP contribution in [0.5, 0.6) is 0 Å². The molecule has 1 atom stereocenters. The average molecular weight is 321 g/mol. The number of aliphatic carboxylic acids is 1. The van der Waals surface area contributed by atoms with Crippen molar-refractivity contribution >= 4 is 17.9 Å². The first-order chi connectivity index (χ1) is 8.97. The van der Waals surface area contributed by atoms with Crippen LogP contribution >= 0.6 is 0 Å². The van der Waals surface area contributed by atoms with Crippen LogP contribution in [-0.2, 0) is 19.1 Å². The van der Waals surface area contributed by atoms with Gasteiger partial charge in [-0.1, -0.05) is 32.6 Å². The van der Waals surface area contributed by atoms with E-state index in [1.165, 1.54) is 0 Å². The summed E-state index contributed by atoms with van der Waals surface area (Å²) in [4.78, 5) is 32.9. The number of esters is 2. The fraction of sp³-hybridized carbons (Fsp3) is 0.769. The zero-order valence-electron chi connectivity index (χ0n) is 15.4. The Morgan fingerprint density at radius 1 is 1.05 bits per heavy atom. The third-order valence-electron chi connectivity index (χ3n) is 2.69. The van der Waals surface area contributed by atoms with E-state index in [1.807, 2.05) is 0 Å². The van der Waals surface area contributed by atoms with Gasteiger partial charge in [0.2, 0.25) is 0 Å². The Labute approximate surface area is 173 Å². The number of carboxylic acids is 1. The van der Waals surface area contributed by atoms with Gasteiger partial charge in [-0.15, -0.1) is 0 Å². The maximum atomic E-state index is 11.3. The number of carbonyl (C=O) groups excluding carboxylic acids is 2. The van der Waals surface area contributed by atoms with Gasteiger partial charge in [0.05, 0.1) is 0 Å². The molecule has 0 saturated carbocycles. The SMILES string of the molecule is CCCCCCCC(=O)OC(=O)CC[C@H](N)C(=O)O.[H-].[H-].[Na+].[Na+]. The van der Waals surface area contributed by atoms with Crippen molar-refractivity contribution in [2.75, 3.05) is 0 Å². The monoisotopic (exact) mass is 321 g/mol. The summed E-state index contributed by atoms with van der Waals surface area (Å²) in [6.45, 7) is 2.11. The molecule has 0 aliphatic rings. The van der Waals surface area contributed by atoms with Gasteiger partial charge in [0.15, 0.2) is 0 Å². The Hall–Kier alpha value is 0.570. The van der Waals surface area contributed by atoms with Crippen LogP contribution in [0, 0.1) is 0 Å². The van der Waals surface area contributed by atoms with Crippen LogP contribution in [0.1, 0.15) is 61.1 Å². The summed E-state index contributed by atoms with van der Waals surface area (Å²) < 4.78 is 4.56. The maximum Gasteiger partial charge on any atom is 1.00 e. The Morgan fingerprint density at radius 3 is 2.10 bits per heavy atom. The van der Waals surface area contributed by atoms with Crippen LogP contribution < -0.4 is 64.8 Å². The first-order valence-electron chi connectivity index (χ1n) is 6.69. The minimum atomic E-state index is -1.17. The van der Waals surface area contributed by atoms with Crippen molar-refractivity contribution in [2.24, 2.45) is 5.73 Å². The summed E-state index contributed by atoms with van der Waals surface area (Å²) in [5.74, 6) is -2.43. The predicted octanol–water partition coefficient (Wildman–Crippen LogP) is -4.16. The maximum absolute atomic E-state index is 11.3. The minimum Gasteiger partial charge on any atom is -1.00 e. The molecule has 0 saturated heterocycles. The summed E-state index contributed by atoms with van der Waals surface area (Å²) in [5.41, 5.74) is 5.23. The predicted molar refractivity (Wildman–Crippen MR) is 71.5 cm³/mol. The molecule has 0 unspecified atom stereocenters. The van der Waals surface area contributed by atoms with Crippen LogP contribution in [0.2, 0.25) is 0 Å². The Morgan fingerprint density at radius 2 is 1.57 bits per heavy atom. The quantitative estimate of drug-likeness (QED) is 0.183. The van der Waals surface area contributed by atoms with Gasteiger partial charge in [-0.05, 0) is 12.8 Å². The molecule has 3 N–H and O–H groups in total. The first kappa shape index (κ1) is 26.5. The molecule has 114 valence electrons. The van der Waals surface area contributed by atoms with Gasteiger partial charge >= 0.3 is 77.0 Å². The molecule has 0 aliphatic carbocycles. The molecule has 21 heavy (non-hydrogen) atoms. The summed E-state index contributed by atoms with van der Waals surface area (Å²) in [7, 11) is 0. The van der Waals surface area contributed by atoms with E-state index in [2.05, 4.69) is 11.7 Å². The summed E-state index contributed by atoms with van der Waals surface area (Å²) >= 11 is 0. The molecule has 6 nitrogen and oxygen atoms in total. The van der Waals surface area contributed by atoms with E-state index in [4.69, 9.17) is 10.8 Å². The molecule has 0 aromatic rings. The van der Waals surface area contributed by atoms with Gasteiger partial charge in [0.25, 0.3) is 0 Å². The topological polar surface area (TPSA) is 107 Å². The summed E-state index contributed by atoms with van der Waals surface area (Å²) in [6.07, 6.45) is 5.04. The molecule has 0 amide bonds. The molecule has 0 fully saturated rings. The Bertz CT molecular complexity index is 323. The molecule has 0 aromatic carbocycles. The average Bonchev–Trinajstić information content (AvgIpc) is 2.35. The number of nitrogens with two attached hydrogens (primary N) is 1. The van der Waals surface area contributed by atoms with Crippen LogP contribution in [0.25, 0.3) is 0 Å². The number of ether oxygens (including phenoxy) is 1. The van der Waals surface area contributed by atoms with Gasteiger partial charge in [0.1, 0.15) is 6.04 Å². The second-order valence-electron chi connectivity index (χ2n) is 4.49. The number of hydrogen-bond acceptors (Lipinski definition) is 5. The number of carbonyl (C=O) groups is 3. The standard InChI is InChI=1S/C13H23NO5.2Na.2H/c1-2-3-4-5-6-7-11(15)19-12(16)9-8-10(14)13(17)18;;;;/h10H,2-9,14H2,1H3,(H,17,18);;;;/q;2*+1;2*-1/t10-;;;;/m0..../s1. The third kappa shape index (κ3) is 16.8. The largest absolute Gasteiger partial charge is 1.00 e. The Balaban J connectivity index is -0.000000270. The molecule has 0 aliphatic heterocycles. The molecular formula is C13H25NNa2O5. The number of unbranched alkanes of at least 4 members (excludes halogenated alkanes) is 4. The van der Waals surface area contributed by atoms with E-state index >= 15 is 0 Å². The molecule has 0 rings (SSSR count). The first-order valence-corrected chi connectivity index (χ1v) is 6.69. The number of hydrogen-bond donors (Lipinski definition) is 2. The molecule has 0 spiro atoms. The second-order valence-corrected chi connectivity index (χ2v) is 4.49. The van der Waals surface area contributed by atoms with E-state index in [-0.39, 0.29) is 81.2 Å². The van der Waals surface area contributed by atoms with Crippen molar-refractivity contribution in [1.29, 1.82) is 0 Å². The van der Waals surface area contributed by atoms with Gasteiger partial charge in [-0.2, -0.15) is 0 Å². The van der Waals surface area contributed by atoms with Crippen molar-refractivity contribution < 1.29 is 86.2 Å². The van der Waals surface area contributed by atoms with Gasteiger partial charge in [0, 0.05) is 12.8 Å². The van der Waals surface area contributed by atoms with Crippen molar-refractivity contribution in [3.05, 3.63) is 0 Å². The van der Waals surface area contributed by atoms with Crippen LogP contribution in [0.15, 0.2) is 0 Å². The van der Waals surface area contributed by atoms with Crippen LogP contribution in [0.4, 0.5) is 0 Å². The van der Waals surface area contributed by atoms with E-state index in [0.717, 1.165) is 25.7 Å². The molecule has 0 radical (unpaired) electrons. The van der Waals surface area contributed by atoms with E-state index in [9.17, 15) is 14.4 Å². The van der Waals surface area contributed by atoms with Crippen molar-refractivity contribution in [3.8, 4) is 0 Å². The normalized spacial score (nSPS) is 10.8. The zero-order chi connectivity index (χ0) is 14.7. The second kappa shape index (κ2) is 16.9. The van der Waals surface area contributed by atoms with E-state index < -0.39 is 23.9 Å². The van der Waals surface area contributed by atoms with Gasteiger partial charge in [-0.25, -0.2) is 0 Å². The number of carboxylic acid groups (broad SMARTS) is 1. The molecule has 8 heteroatoms.